The summed E-state index contributed by atoms with van der Waals surface area (Å²) in [4.78, 5) is 25.7. The van der Waals surface area contributed by atoms with Gasteiger partial charge >= 0.3 is 0 Å². The van der Waals surface area contributed by atoms with E-state index in [1.807, 2.05) is 41.9 Å². The molecule has 4 rings (SSSR count). The SMILES string of the molecule is Cc1cccc(CCNC(=O)c2cn(C)c(=O)c3c2c2ccccc2n3C)c1. The molecule has 0 spiro atoms. The van der Waals surface area contributed by atoms with Crippen molar-refractivity contribution >= 4 is 27.7 Å². The third-order valence-electron chi connectivity index (χ3n) is 5.25. The molecule has 0 saturated carbocycles. The molecule has 0 saturated heterocycles. The molecule has 2 aromatic heterocycles. The number of nitrogens with zero attached hydrogens (tertiary/aromatic N) is 2. The van der Waals surface area contributed by atoms with Crippen LogP contribution in [-0.4, -0.2) is 21.6 Å². The number of amides is 1. The highest BCUT2D eigenvalue weighted by Crippen LogP contribution is 2.28. The average Bonchev–Trinajstić information content (AvgIpc) is 2.98. The third kappa shape index (κ3) is 2.99. The van der Waals surface area contributed by atoms with Gasteiger partial charge in [-0.05, 0) is 25.0 Å². The van der Waals surface area contributed by atoms with E-state index in [-0.39, 0.29) is 11.5 Å². The Morgan fingerprint density at radius 1 is 1.07 bits per heavy atom. The summed E-state index contributed by atoms with van der Waals surface area (Å²) in [6.45, 7) is 2.60. The summed E-state index contributed by atoms with van der Waals surface area (Å²) < 4.78 is 3.35. The molecule has 0 atom stereocenters. The molecule has 1 N–H and O–H groups in total. The van der Waals surface area contributed by atoms with Gasteiger partial charge in [0, 0.05) is 43.1 Å². The highest BCUT2D eigenvalue weighted by Gasteiger charge is 2.20. The van der Waals surface area contributed by atoms with Crippen molar-refractivity contribution in [2.24, 2.45) is 14.1 Å². The fourth-order valence-corrected chi connectivity index (χ4v) is 3.86. The highest BCUT2D eigenvalue weighted by molar-refractivity contribution is 6.17. The zero-order chi connectivity index (χ0) is 19.8. The van der Waals surface area contributed by atoms with Crippen LogP contribution in [0.15, 0.2) is 59.5 Å². The number of aryl methyl sites for hydroxylation is 3. The fraction of sp³-hybridized carbons (Fsp3) is 0.217. The van der Waals surface area contributed by atoms with Crippen LogP contribution in [0.1, 0.15) is 21.5 Å². The van der Waals surface area contributed by atoms with E-state index < -0.39 is 0 Å². The Kier molecular flexibility index (Phi) is 4.51. The fourth-order valence-electron chi connectivity index (χ4n) is 3.86. The molecule has 0 fully saturated rings. The third-order valence-corrected chi connectivity index (χ3v) is 5.25. The Bertz CT molecular complexity index is 1260. The van der Waals surface area contributed by atoms with Crippen molar-refractivity contribution in [3.05, 3.63) is 81.8 Å². The van der Waals surface area contributed by atoms with Gasteiger partial charge in [-0.25, -0.2) is 0 Å². The number of nitrogens with one attached hydrogen (secondary N) is 1. The molecule has 0 unspecified atom stereocenters. The number of carbonyl (C=O) groups is 1. The van der Waals surface area contributed by atoms with E-state index in [9.17, 15) is 9.59 Å². The summed E-state index contributed by atoms with van der Waals surface area (Å²) in [5, 5.41) is 4.65. The minimum absolute atomic E-state index is 0.106. The molecule has 0 aliphatic carbocycles. The number of benzene rings is 2. The second kappa shape index (κ2) is 7.00. The maximum Gasteiger partial charge on any atom is 0.274 e. The molecular weight excluding hydrogens is 350 g/mol. The summed E-state index contributed by atoms with van der Waals surface area (Å²) in [7, 11) is 3.55. The topological polar surface area (TPSA) is 56.0 Å². The second-order valence-electron chi connectivity index (χ2n) is 7.25. The van der Waals surface area contributed by atoms with Crippen molar-refractivity contribution in [3.63, 3.8) is 0 Å². The van der Waals surface area contributed by atoms with E-state index in [0.717, 1.165) is 17.3 Å². The van der Waals surface area contributed by atoms with Gasteiger partial charge < -0.3 is 14.5 Å². The van der Waals surface area contributed by atoms with Crippen LogP contribution in [0.25, 0.3) is 21.8 Å². The van der Waals surface area contributed by atoms with Crippen LogP contribution in [0.5, 0.6) is 0 Å². The zero-order valence-corrected chi connectivity index (χ0v) is 16.3. The minimum Gasteiger partial charge on any atom is -0.352 e. The molecule has 2 heterocycles. The lowest BCUT2D eigenvalue weighted by Crippen LogP contribution is -2.28. The van der Waals surface area contributed by atoms with Gasteiger partial charge in [-0.2, -0.15) is 0 Å². The van der Waals surface area contributed by atoms with Gasteiger partial charge in [-0.3, -0.25) is 9.59 Å². The monoisotopic (exact) mass is 373 g/mol. The summed E-state index contributed by atoms with van der Waals surface area (Å²) in [6, 6.07) is 16.1. The van der Waals surface area contributed by atoms with Gasteiger partial charge in [0.25, 0.3) is 11.5 Å². The van der Waals surface area contributed by atoms with E-state index in [0.29, 0.717) is 23.0 Å². The zero-order valence-electron chi connectivity index (χ0n) is 16.3. The van der Waals surface area contributed by atoms with Gasteiger partial charge in [0.05, 0.1) is 5.56 Å². The molecule has 0 bridgehead atoms. The first-order chi connectivity index (χ1) is 13.5. The lowest BCUT2D eigenvalue weighted by atomic mass is 10.1. The molecule has 4 aromatic rings. The van der Waals surface area contributed by atoms with Crippen molar-refractivity contribution in [2.45, 2.75) is 13.3 Å². The highest BCUT2D eigenvalue weighted by atomic mass is 16.2. The molecule has 1 amide bonds. The van der Waals surface area contributed by atoms with Crippen molar-refractivity contribution < 1.29 is 4.79 Å². The van der Waals surface area contributed by atoms with Crippen LogP contribution in [0.4, 0.5) is 0 Å². The van der Waals surface area contributed by atoms with E-state index in [2.05, 4.69) is 30.4 Å². The molecule has 142 valence electrons. The van der Waals surface area contributed by atoms with E-state index in [1.165, 1.54) is 15.7 Å². The van der Waals surface area contributed by atoms with Crippen LogP contribution in [0.2, 0.25) is 0 Å². The second-order valence-corrected chi connectivity index (χ2v) is 7.25. The molecule has 0 radical (unpaired) electrons. The van der Waals surface area contributed by atoms with Crippen LogP contribution in [0.3, 0.4) is 0 Å². The quantitative estimate of drug-likeness (QED) is 0.597. The van der Waals surface area contributed by atoms with Crippen LogP contribution in [-0.2, 0) is 20.5 Å². The van der Waals surface area contributed by atoms with E-state index in [1.54, 1.807) is 13.2 Å². The summed E-state index contributed by atoms with van der Waals surface area (Å²) >= 11 is 0. The van der Waals surface area contributed by atoms with Crippen LogP contribution in [0, 0.1) is 6.92 Å². The Morgan fingerprint density at radius 3 is 2.64 bits per heavy atom. The summed E-state index contributed by atoms with van der Waals surface area (Å²) in [6.07, 6.45) is 2.40. The lowest BCUT2D eigenvalue weighted by Gasteiger charge is -2.09. The van der Waals surface area contributed by atoms with Crippen LogP contribution < -0.4 is 10.9 Å². The molecule has 0 aliphatic heterocycles. The number of hydrogen-bond donors (Lipinski definition) is 1. The molecule has 5 heteroatoms. The normalized spacial score (nSPS) is 11.2. The lowest BCUT2D eigenvalue weighted by molar-refractivity contribution is 0.0955. The van der Waals surface area contributed by atoms with Crippen molar-refractivity contribution in [1.82, 2.24) is 14.5 Å². The smallest absolute Gasteiger partial charge is 0.274 e. The Hall–Kier alpha value is -3.34. The first-order valence-electron chi connectivity index (χ1n) is 9.38. The minimum atomic E-state index is -0.162. The number of aromatic nitrogens is 2. The summed E-state index contributed by atoms with van der Waals surface area (Å²) in [5.41, 5.74) is 4.31. The summed E-state index contributed by atoms with van der Waals surface area (Å²) in [5.74, 6) is -0.162. The predicted octanol–water partition coefficient (Wildman–Crippen LogP) is 3.31. The molecular formula is C23H23N3O2. The van der Waals surface area contributed by atoms with Crippen LogP contribution >= 0.6 is 0 Å². The standard InChI is InChI=1S/C23H23N3O2/c1-15-7-6-8-16(13-15)11-12-24-22(27)18-14-25(2)23(28)21-20(18)17-9-4-5-10-19(17)26(21)3/h4-10,13-14H,11-12H2,1-3H3,(H,24,27). The number of carbonyl (C=O) groups excluding carboxylic acids is 1. The Morgan fingerprint density at radius 2 is 1.86 bits per heavy atom. The number of hydrogen-bond acceptors (Lipinski definition) is 2. The predicted molar refractivity (Wildman–Crippen MR) is 113 cm³/mol. The maximum atomic E-state index is 13.0. The number of rotatable bonds is 4. The molecule has 28 heavy (non-hydrogen) atoms. The number of pyridine rings is 1. The van der Waals surface area contributed by atoms with Gasteiger partial charge in [-0.1, -0.05) is 48.0 Å². The average molecular weight is 373 g/mol. The first kappa shape index (κ1) is 18.0. The van der Waals surface area contributed by atoms with E-state index >= 15 is 0 Å². The number of fused-ring (bicyclic) bond motifs is 3. The van der Waals surface area contributed by atoms with Gasteiger partial charge in [-0.15, -0.1) is 0 Å². The molecule has 2 aromatic carbocycles. The molecule has 0 aliphatic rings. The Balaban J connectivity index is 1.72. The first-order valence-corrected chi connectivity index (χ1v) is 9.38. The maximum absolute atomic E-state index is 13.0. The van der Waals surface area contributed by atoms with Gasteiger partial charge in [0.2, 0.25) is 0 Å². The van der Waals surface area contributed by atoms with E-state index in [4.69, 9.17) is 0 Å². The Labute approximate surface area is 163 Å². The van der Waals surface area contributed by atoms with Gasteiger partial charge in [0.1, 0.15) is 5.52 Å². The van der Waals surface area contributed by atoms with Crippen molar-refractivity contribution in [2.75, 3.05) is 6.54 Å². The van der Waals surface area contributed by atoms with Crippen molar-refractivity contribution in [3.8, 4) is 0 Å². The largest absolute Gasteiger partial charge is 0.352 e. The van der Waals surface area contributed by atoms with Gasteiger partial charge in [0.15, 0.2) is 0 Å². The molecule has 5 nitrogen and oxygen atoms in total. The number of para-hydroxylation sites is 1. The van der Waals surface area contributed by atoms with Crippen molar-refractivity contribution in [1.29, 1.82) is 0 Å².